The third kappa shape index (κ3) is 3.49. The molecule has 0 saturated heterocycles. The van der Waals surface area contributed by atoms with E-state index in [0.717, 1.165) is 16.7 Å². The number of hydrazine groups is 1. The van der Waals surface area contributed by atoms with Gasteiger partial charge in [-0.25, -0.2) is 4.39 Å². The molecule has 0 fully saturated rings. The SMILES string of the molecule is Cc1cc(C)c(C(Cc2ccc(C)c(C)c2)NN)c(F)c1. The number of rotatable bonds is 4. The number of nitrogens with two attached hydrogens (primary N) is 1. The van der Waals surface area contributed by atoms with Crippen LogP contribution in [0.15, 0.2) is 30.3 Å². The second-order valence-electron chi connectivity index (χ2n) is 5.82. The first-order valence-electron chi connectivity index (χ1n) is 7.21. The van der Waals surface area contributed by atoms with Crippen LogP contribution in [0.25, 0.3) is 0 Å². The van der Waals surface area contributed by atoms with Crippen molar-refractivity contribution < 1.29 is 4.39 Å². The fourth-order valence-electron chi connectivity index (χ4n) is 2.78. The molecule has 0 saturated carbocycles. The summed E-state index contributed by atoms with van der Waals surface area (Å²) in [5, 5.41) is 0. The maximum absolute atomic E-state index is 14.3. The Morgan fingerprint density at radius 2 is 1.71 bits per heavy atom. The zero-order valence-electron chi connectivity index (χ0n) is 13.1. The van der Waals surface area contributed by atoms with E-state index in [-0.39, 0.29) is 11.9 Å². The normalized spacial score (nSPS) is 12.5. The first-order valence-corrected chi connectivity index (χ1v) is 7.21. The standard InChI is InChI=1S/C18H23FN2/c1-11-7-14(4)18(16(19)8-11)17(21-20)10-15-6-5-12(2)13(3)9-15/h5-9,17,21H,10,20H2,1-4H3. The molecule has 112 valence electrons. The molecule has 2 nitrogen and oxygen atoms in total. The van der Waals surface area contributed by atoms with Gasteiger partial charge in [0.05, 0.1) is 6.04 Å². The number of aryl methyl sites for hydroxylation is 4. The molecule has 0 spiro atoms. The van der Waals surface area contributed by atoms with Crippen molar-refractivity contribution in [3.05, 3.63) is 69.5 Å². The topological polar surface area (TPSA) is 38.0 Å². The maximum atomic E-state index is 14.3. The Hall–Kier alpha value is -1.71. The van der Waals surface area contributed by atoms with Crippen LogP contribution >= 0.6 is 0 Å². The van der Waals surface area contributed by atoms with Crippen LogP contribution in [0, 0.1) is 33.5 Å². The number of benzene rings is 2. The van der Waals surface area contributed by atoms with E-state index in [1.54, 1.807) is 6.07 Å². The first kappa shape index (κ1) is 15.7. The molecule has 3 N–H and O–H groups in total. The van der Waals surface area contributed by atoms with Crippen LogP contribution in [-0.4, -0.2) is 0 Å². The van der Waals surface area contributed by atoms with Crippen molar-refractivity contribution in [3.8, 4) is 0 Å². The van der Waals surface area contributed by atoms with E-state index in [0.29, 0.717) is 12.0 Å². The molecule has 0 heterocycles. The molecule has 21 heavy (non-hydrogen) atoms. The number of nitrogens with one attached hydrogen (secondary N) is 1. The largest absolute Gasteiger partial charge is 0.271 e. The van der Waals surface area contributed by atoms with Gasteiger partial charge in [-0.2, -0.15) is 0 Å². The summed E-state index contributed by atoms with van der Waals surface area (Å²) in [6, 6.07) is 9.63. The first-order chi connectivity index (χ1) is 9.92. The second-order valence-corrected chi connectivity index (χ2v) is 5.82. The monoisotopic (exact) mass is 286 g/mol. The lowest BCUT2D eigenvalue weighted by molar-refractivity contribution is 0.507. The Labute approximate surface area is 126 Å². The van der Waals surface area contributed by atoms with Gasteiger partial charge in [0.1, 0.15) is 5.82 Å². The molecule has 3 heteroatoms. The van der Waals surface area contributed by atoms with Crippen molar-refractivity contribution >= 4 is 0 Å². The van der Waals surface area contributed by atoms with Crippen LogP contribution in [-0.2, 0) is 6.42 Å². The third-order valence-electron chi connectivity index (χ3n) is 4.04. The third-order valence-corrected chi connectivity index (χ3v) is 4.04. The fraction of sp³-hybridized carbons (Fsp3) is 0.333. The molecule has 0 aliphatic carbocycles. The smallest absolute Gasteiger partial charge is 0.128 e. The number of halogens is 1. The molecule has 2 aromatic rings. The zero-order valence-corrected chi connectivity index (χ0v) is 13.1. The van der Waals surface area contributed by atoms with Gasteiger partial charge < -0.3 is 0 Å². The van der Waals surface area contributed by atoms with E-state index < -0.39 is 0 Å². The van der Waals surface area contributed by atoms with Gasteiger partial charge in [0, 0.05) is 5.56 Å². The van der Waals surface area contributed by atoms with Crippen LogP contribution in [0.2, 0.25) is 0 Å². The molecule has 2 rings (SSSR count). The van der Waals surface area contributed by atoms with E-state index in [2.05, 4.69) is 37.5 Å². The Morgan fingerprint density at radius 1 is 1.00 bits per heavy atom. The van der Waals surface area contributed by atoms with Crippen LogP contribution < -0.4 is 11.3 Å². The molecular weight excluding hydrogens is 263 g/mol. The van der Waals surface area contributed by atoms with Gasteiger partial charge in [-0.1, -0.05) is 24.3 Å². The Morgan fingerprint density at radius 3 is 2.29 bits per heavy atom. The van der Waals surface area contributed by atoms with Gasteiger partial charge >= 0.3 is 0 Å². The van der Waals surface area contributed by atoms with Gasteiger partial charge in [0.25, 0.3) is 0 Å². The van der Waals surface area contributed by atoms with Gasteiger partial charge in [0.15, 0.2) is 0 Å². The van der Waals surface area contributed by atoms with E-state index in [4.69, 9.17) is 5.84 Å². The average Bonchev–Trinajstić information content (AvgIpc) is 2.40. The second kappa shape index (κ2) is 6.37. The van der Waals surface area contributed by atoms with E-state index in [1.165, 1.54) is 11.1 Å². The van der Waals surface area contributed by atoms with Gasteiger partial charge in [-0.3, -0.25) is 11.3 Å². The summed E-state index contributed by atoms with van der Waals surface area (Å²) in [5.41, 5.74) is 8.92. The molecule has 0 bridgehead atoms. The van der Waals surface area contributed by atoms with Crippen molar-refractivity contribution in [2.75, 3.05) is 0 Å². The summed E-state index contributed by atoms with van der Waals surface area (Å²) in [4.78, 5) is 0. The van der Waals surface area contributed by atoms with Crippen LogP contribution in [0.3, 0.4) is 0 Å². The van der Waals surface area contributed by atoms with Crippen molar-refractivity contribution in [3.63, 3.8) is 0 Å². The van der Waals surface area contributed by atoms with Crippen LogP contribution in [0.4, 0.5) is 4.39 Å². The zero-order chi connectivity index (χ0) is 15.6. The lowest BCUT2D eigenvalue weighted by atomic mass is 9.93. The molecule has 1 atom stereocenters. The molecule has 2 aromatic carbocycles. The highest BCUT2D eigenvalue weighted by Crippen LogP contribution is 2.26. The fourth-order valence-corrected chi connectivity index (χ4v) is 2.78. The minimum atomic E-state index is -0.229. The number of hydrogen-bond acceptors (Lipinski definition) is 2. The Kier molecular flexibility index (Phi) is 4.76. The molecule has 0 aliphatic rings. The average molecular weight is 286 g/mol. The summed E-state index contributed by atoms with van der Waals surface area (Å²) < 4.78 is 14.3. The summed E-state index contributed by atoms with van der Waals surface area (Å²) in [6.45, 7) is 7.99. The predicted octanol–water partition coefficient (Wildman–Crippen LogP) is 3.81. The molecular formula is C18H23FN2. The van der Waals surface area contributed by atoms with Gasteiger partial charge in [-0.05, 0) is 68.0 Å². The van der Waals surface area contributed by atoms with E-state index in [9.17, 15) is 4.39 Å². The molecule has 1 unspecified atom stereocenters. The summed E-state index contributed by atoms with van der Waals surface area (Å²) in [5.74, 6) is 5.48. The Bertz CT molecular complexity index is 627. The highest BCUT2D eigenvalue weighted by Gasteiger charge is 2.18. The molecule has 0 radical (unpaired) electrons. The lowest BCUT2D eigenvalue weighted by Crippen LogP contribution is -2.31. The highest BCUT2D eigenvalue weighted by atomic mass is 19.1. The molecule has 0 amide bonds. The van der Waals surface area contributed by atoms with Crippen molar-refractivity contribution in [1.29, 1.82) is 0 Å². The van der Waals surface area contributed by atoms with Crippen LogP contribution in [0.5, 0.6) is 0 Å². The van der Waals surface area contributed by atoms with E-state index in [1.807, 2.05) is 19.9 Å². The minimum Gasteiger partial charge on any atom is -0.271 e. The van der Waals surface area contributed by atoms with E-state index >= 15 is 0 Å². The summed E-state index contributed by atoms with van der Waals surface area (Å²) >= 11 is 0. The summed E-state index contributed by atoms with van der Waals surface area (Å²) in [6.07, 6.45) is 0.665. The quantitative estimate of drug-likeness (QED) is 0.662. The van der Waals surface area contributed by atoms with Gasteiger partial charge in [-0.15, -0.1) is 0 Å². The predicted molar refractivity (Wildman–Crippen MR) is 85.6 cm³/mol. The number of hydrogen-bond donors (Lipinski definition) is 2. The maximum Gasteiger partial charge on any atom is 0.128 e. The molecule has 0 aliphatic heterocycles. The lowest BCUT2D eigenvalue weighted by Gasteiger charge is -2.20. The highest BCUT2D eigenvalue weighted by molar-refractivity contribution is 5.36. The summed E-state index contributed by atoms with van der Waals surface area (Å²) in [7, 11) is 0. The van der Waals surface area contributed by atoms with Crippen molar-refractivity contribution in [2.24, 2.45) is 5.84 Å². The minimum absolute atomic E-state index is 0.195. The van der Waals surface area contributed by atoms with Crippen LogP contribution in [0.1, 0.15) is 39.4 Å². The van der Waals surface area contributed by atoms with Crippen molar-refractivity contribution in [2.45, 2.75) is 40.2 Å². The molecule has 0 aromatic heterocycles. The Balaban J connectivity index is 2.34. The van der Waals surface area contributed by atoms with Gasteiger partial charge in [0.2, 0.25) is 0 Å². The van der Waals surface area contributed by atoms with Crippen molar-refractivity contribution in [1.82, 2.24) is 5.43 Å².